The molecule has 1 amide bonds. The normalized spacial score (nSPS) is 17.0. The SMILES string of the molecule is O=C1CCCN1CCCNc1nc(N2CCN(c3ccccn3)CC2)nc2nc[nH]c12. The second kappa shape index (κ2) is 8.75. The molecular formula is C21H27N9O. The molecule has 0 aliphatic carbocycles. The lowest BCUT2D eigenvalue weighted by atomic mass is 10.3. The number of hydrogen-bond donors (Lipinski definition) is 2. The molecule has 0 aromatic carbocycles. The van der Waals surface area contributed by atoms with E-state index in [1.165, 1.54) is 0 Å². The van der Waals surface area contributed by atoms with Crippen molar-refractivity contribution in [3.63, 3.8) is 0 Å². The number of hydrogen-bond acceptors (Lipinski definition) is 8. The summed E-state index contributed by atoms with van der Waals surface area (Å²) in [5.41, 5.74) is 1.47. The maximum atomic E-state index is 11.8. The Hall–Kier alpha value is -3.43. The molecule has 10 nitrogen and oxygen atoms in total. The van der Waals surface area contributed by atoms with Crippen LogP contribution in [0, 0.1) is 0 Å². The number of aromatic nitrogens is 5. The zero-order valence-corrected chi connectivity index (χ0v) is 17.5. The van der Waals surface area contributed by atoms with Crippen LogP contribution in [0.1, 0.15) is 19.3 Å². The first-order valence-electron chi connectivity index (χ1n) is 10.9. The molecule has 0 saturated carbocycles. The van der Waals surface area contributed by atoms with Gasteiger partial charge in [0.15, 0.2) is 11.5 Å². The van der Waals surface area contributed by atoms with Crippen LogP contribution in [0.2, 0.25) is 0 Å². The van der Waals surface area contributed by atoms with Crippen molar-refractivity contribution in [3.8, 4) is 0 Å². The molecule has 3 aromatic rings. The second-order valence-electron chi connectivity index (χ2n) is 7.90. The van der Waals surface area contributed by atoms with E-state index in [2.05, 4.69) is 35.1 Å². The van der Waals surface area contributed by atoms with Gasteiger partial charge in [-0.05, 0) is 25.0 Å². The topological polar surface area (TPSA) is 106 Å². The number of rotatable bonds is 7. The maximum absolute atomic E-state index is 11.8. The Morgan fingerprint density at radius 1 is 1.03 bits per heavy atom. The summed E-state index contributed by atoms with van der Waals surface area (Å²) in [6.45, 7) is 5.78. The van der Waals surface area contributed by atoms with Crippen LogP contribution >= 0.6 is 0 Å². The number of imidazole rings is 1. The molecule has 31 heavy (non-hydrogen) atoms. The molecule has 2 aliphatic rings. The molecule has 10 heteroatoms. The third-order valence-corrected chi connectivity index (χ3v) is 5.88. The molecular weight excluding hydrogens is 394 g/mol. The number of anilines is 3. The van der Waals surface area contributed by atoms with Crippen molar-refractivity contribution in [1.82, 2.24) is 29.8 Å². The predicted octanol–water partition coefficient (Wildman–Crippen LogP) is 1.50. The van der Waals surface area contributed by atoms with Gasteiger partial charge in [-0.25, -0.2) is 9.97 Å². The lowest BCUT2D eigenvalue weighted by Gasteiger charge is -2.35. The van der Waals surface area contributed by atoms with Crippen LogP contribution < -0.4 is 15.1 Å². The number of amides is 1. The lowest BCUT2D eigenvalue weighted by molar-refractivity contribution is -0.127. The van der Waals surface area contributed by atoms with Crippen molar-refractivity contribution in [3.05, 3.63) is 30.7 Å². The Morgan fingerprint density at radius 2 is 1.90 bits per heavy atom. The minimum Gasteiger partial charge on any atom is -0.368 e. The third kappa shape index (κ3) is 4.23. The summed E-state index contributed by atoms with van der Waals surface area (Å²) in [4.78, 5) is 39.6. The summed E-state index contributed by atoms with van der Waals surface area (Å²) in [7, 11) is 0. The number of carbonyl (C=O) groups is 1. The second-order valence-corrected chi connectivity index (χ2v) is 7.90. The van der Waals surface area contributed by atoms with E-state index in [4.69, 9.17) is 4.98 Å². The molecule has 0 spiro atoms. The number of piperazine rings is 1. The number of carbonyl (C=O) groups excluding carboxylic acids is 1. The molecule has 5 heterocycles. The Kier molecular flexibility index (Phi) is 5.51. The molecule has 0 unspecified atom stereocenters. The molecule has 162 valence electrons. The van der Waals surface area contributed by atoms with Gasteiger partial charge >= 0.3 is 0 Å². The fourth-order valence-electron chi connectivity index (χ4n) is 4.18. The highest BCUT2D eigenvalue weighted by atomic mass is 16.2. The van der Waals surface area contributed by atoms with E-state index < -0.39 is 0 Å². The van der Waals surface area contributed by atoms with Gasteiger partial charge in [-0.1, -0.05) is 6.07 Å². The quantitative estimate of drug-likeness (QED) is 0.553. The molecule has 5 rings (SSSR count). The smallest absolute Gasteiger partial charge is 0.229 e. The van der Waals surface area contributed by atoms with Crippen molar-refractivity contribution < 1.29 is 4.79 Å². The molecule has 2 fully saturated rings. The Labute approximate surface area is 180 Å². The maximum Gasteiger partial charge on any atom is 0.229 e. The minimum absolute atomic E-state index is 0.269. The number of nitrogens with one attached hydrogen (secondary N) is 2. The summed E-state index contributed by atoms with van der Waals surface area (Å²) in [6, 6.07) is 5.99. The zero-order chi connectivity index (χ0) is 21.0. The van der Waals surface area contributed by atoms with E-state index in [1.807, 2.05) is 29.3 Å². The first-order chi connectivity index (χ1) is 15.3. The summed E-state index contributed by atoms with van der Waals surface area (Å²) >= 11 is 0. The van der Waals surface area contributed by atoms with E-state index in [1.54, 1.807) is 6.33 Å². The number of pyridine rings is 1. The summed E-state index contributed by atoms with van der Waals surface area (Å²) in [6.07, 6.45) is 6.02. The fraction of sp³-hybridized carbons (Fsp3) is 0.476. The predicted molar refractivity (Wildman–Crippen MR) is 119 cm³/mol. The van der Waals surface area contributed by atoms with E-state index >= 15 is 0 Å². The largest absolute Gasteiger partial charge is 0.368 e. The lowest BCUT2D eigenvalue weighted by Crippen LogP contribution is -2.47. The van der Waals surface area contributed by atoms with Gasteiger partial charge in [0.2, 0.25) is 11.9 Å². The summed E-state index contributed by atoms with van der Waals surface area (Å²) < 4.78 is 0. The van der Waals surface area contributed by atoms with Gasteiger partial charge in [-0.15, -0.1) is 0 Å². The van der Waals surface area contributed by atoms with Crippen LogP contribution in [0.15, 0.2) is 30.7 Å². The first-order valence-corrected chi connectivity index (χ1v) is 10.9. The van der Waals surface area contributed by atoms with Gasteiger partial charge in [0.25, 0.3) is 0 Å². The van der Waals surface area contributed by atoms with Gasteiger partial charge in [0.1, 0.15) is 11.3 Å². The van der Waals surface area contributed by atoms with Gasteiger partial charge in [0, 0.05) is 58.4 Å². The van der Waals surface area contributed by atoms with Crippen molar-refractivity contribution in [2.75, 3.05) is 60.9 Å². The number of aromatic amines is 1. The molecule has 0 bridgehead atoms. The molecule has 2 saturated heterocycles. The van der Waals surface area contributed by atoms with Crippen LogP contribution in [0.3, 0.4) is 0 Å². The van der Waals surface area contributed by atoms with E-state index in [0.29, 0.717) is 18.0 Å². The average Bonchev–Trinajstić information content (AvgIpc) is 3.46. The number of likely N-dealkylation sites (tertiary alicyclic amines) is 1. The van der Waals surface area contributed by atoms with Crippen molar-refractivity contribution in [1.29, 1.82) is 0 Å². The summed E-state index contributed by atoms with van der Waals surface area (Å²) in [5.74, 6) is 2.73. The Bertz CT molecular complexity index is 1030. The molecule has 2 N–H and O–H groups in total. The zero-order valence-electron chi connectivity index (χ0n) is 17.5. The van der Waals surface area contributed by atoms with Gasteiger partial charge in [0.05, 0.1) is 6.33 Å². The monoisotopic (exact) mass is 421 g/mol. The molecule has 3 aromatic heterocycles. The average molecular weight is 422 g/mol. The van der Waals surface area contributed by atoms with Crippen molar-refractivity contribution in [2.45, 2.75) is 19.3 Å². The van der Waals surface area contributed by atoms with Gasteiger partial charge < -0.3 is 25.0 Å². The van der Waals surface area contributed by atoms with Crippen LogP contribution in [0.25, 0.3) is 11.2 Å². The number of nitrogens with zero attached hydrogens (tertiary/aromatic N) is 7. The van der Waals surface area contributed by atoms with E-state index in [0.717, 1.165) is 75.8 Å². The van der Waals surface area contributed by atoms with E-state index in [-0.39, 0.29) is 5.91 Å². The summed E-state index contributed by atoms with van der Waals surface area (Å²) in [5, 5.41) is 3.42. The Morgan fingerprint density at radius 3 is 2.68 bits per heavy atom. The highest BCUT2D eigenvalue weighted by molar-refractivity contribution is 5.83. The Balaban J connectivity index is 1.23. The van der Waals surface area contributed by atoms with Gasteiger partial charge in [-0.3, -0.25) is 4.79 Å². The van der Waals surface area contributed by atoms with Crippen LogP contribution in [0.4, 0.5) is 17.6 Å². The fourth-order valence-corrected chi connectivity index (χ4v) is 4.18. The van der Waals surface area contributed by atoms with Crippen LogP contribution in [0.5, 0.6) is 0 Å². The minimum atomic E-state index is 0.269. The number of fused-ring (bicyclic) bond motifs is 1. The number of H-pyrrole nitrogens is 1. The first kappa shape index (κ1) is 19.5. The highest BCUT2D eigenvalue weighted by Gasteiger charge is 2.22. The molecule has 2 aliphatic heterocycles. The van der Waals surface area contributed by atoms with Gasteiger partial charge in [-0.2, -0.15) is 9.97 Å². The van der Waals surface area contributed by atoms with E-state index in [9.17, 15) is 4.79 Å². The van der Waals surface area contributed by atoms with Crippen molar-refractivity contribution in [2.24, 2.45) is 0 Å². The molecule has 0 radical (unpaired) electrons. The van der Waals surface area contributed by atoms with Crippen molar-refractivity contribution >= 4 is 34.7 Å². The third-order valence-electron chi connectivity index (χ3n) is 5.88. The standard InChI is InChI=1S/C21H27N9O/c31-17-6-3-9-29(17)10-4-8-23-19-18-20(25-15-24-18)27-21(26-19)30-13-11-28(12-14-30)16-5-1-2-7-22-16/h1-2,5,7,15H,3-4,6,8-14H2,(H2,23,24,25,26,27). The van der Waals surface area contributed by atoms with Crippen LogP contribution in [-0.4, -0.2) is 81.5 Å². The molecule has 0 atom stereocenters. The highest BCUT2D eigenvalue weighted by Crippen LogP contribution is 2.22. The van der Waals surface area contributed by atoms with Crippen LogP contribution in [-0.2, 0) is 4.79 Å².